The van der Waals surface area contributed by atoms with Gasteiger partial charge in [0.05, 0.1) is 0 Å². The molecule has 2 fully saturated rings. The summed E-state index contributed by atoms with van der Waals surface area (Å²) in [6, 6.07) is 0. The van der Waals surface area contributed by atoms with Gasteiger partial charge in [0.15, 0.2) is 5.78 Å². The second-order valence-corrected chi connectivity index (χ2v) is 5.73. The van der Waals surface area contributed by atoms with Crippen molar-refractivity contribution in [1.29, 1.82) is 0 Å². The number of carbonyl (C=O) groups is 1. The molecule has 2 aliphatic rings. The highest BCUT2D eigenvalue weighted by Gasteiger charge is 2.42. The Bertz CT molecular complexity index is 333. The summed E-state index contributed by atoms with van der Waals surface area (Å²) in [6.45, 7) is -1.89. The topological polar surface area (TPSA) is 26.3 Å². The van der Waals surface area contributed by atoms with Gasteiger partial charge in [-0.1, -0.05) is 6.42 Å². The number of alkyl halides is 4. The molecule has 0 aromatic rings. The van der Waals surface area contributed by atoms with Crippen LogP contribution in [0.15, 0.2) is 0 Å². The van der Waals surface area contributed by atoms with Crippen LogP contribution in [0.4, 0.5) is 17.6 Å². The van der Waals surface area contributed by atoms with Crippen molar-refractivity contribution in [2.75, 3.05) is 13.2 Å². The molecule has 110 valence electrons. The third-order valence-electron chi connectivity index (χ3n) is 4.25. The first-order chi connectivity index (χ1) is 8.88. The minimum atomic E-state index is -4.17. The molecule has 19 heavy (non-hydrogen) atoms. The van der Waals surface area contributed by atoms with Crippen molar-refractivity contribution in [2.24, 2.45) is 17.8 Å². The van der Waals surface area contributed by atoms with Crippen LogP contribution in [0.3, 0.4) is 0 Å². The maximum atomic E-state index is 12.5. The number of ether oxygens (including phenoxy) is 1. The van der Waals surface area contributed by atoms with Gasteiger partial charge in [0.25, 0.3) is 0 Å². The summed E-state index contributed by atoms with van der Waals surface area (Å²) in [5, 5.41) is 0. The number of rotatable bonds is 7. The van der Waals surface area contributed by atoms with E-state index in [2.05, 4.69) is 4.74 Å². The summed E-state index contributed by atoms with van der Waals surface area (Å²) in [5.41, 5.74) is 0. The van der Waals surface area contributed by atoms with E-state index in [0.717, 1.165) is 12.8 Å². The Kier molecular flexibility index (Phi) is 4.48. The van der Waals surface area contributed by atoms with Crippen LogP contribution in [-0.2, 0) is 9.53 Å². The van der Waals surface area contributed by atoms with E-state index < -0.39 is 25.6 Å². The smallest absolute Gasteiger partial charge is 0.330 e. The molecule has 2 saturated carbocycles. The van der Waals surface area contributed by atoms with Gasteiger partial charge in [-0.25, -0.2) is 8.78 Å². The molecule has 3 atom stereocenters. The molecule has 0 N–H and O–H groups in total. The lowest BCUT2D eigenvalue weighted by molar-refractivity contribution is -0.168. The number of fused-ring (bicyclic) bond motifs is 2. The molecule has 0 aromatic carbocycles. The molecule has 0 saturated heterocycles. The summed E-state index contributed by atoms with van der Waals surface area (Å²) in [5.74, 6) is -2.80. The summed E-state index contributed by atoms with van der Waals surface area (Å²) in [7, 11) is 0. The average molecular weight is 282 g/mol. The lowest BCUT2D eigenvalue weighted by atomic mass is 9.85. The quantitative estimate of drug-likeness (QED) is 0.670. The Labute approximate surface area is 109 Å². The molecule has 0 radical (unpaired) electrons. The highest BCUT2D eigenvalue weighted by atomic mass is 19.3. The molecule has 2 rings (SSSR count). The average Bonchev–Trinajstić information content (AvgIpc) is 2.90. The van der Waals surface area contributed by atoms with Crippen LogP contribution in [0.1, 0.15) is 32.1 Å². The molecule has 0 heterocycles. The van der Waals surface area contributed by atoms with Crippen LogP contribution in [0, 0.1) is 17.8 Å². The van der Waals surface area contributed by atoms with E-state index in [4.69, 9.17) is 0 Å². The molecule has 0 aliphatic heterocycles. The zero-order valence-electron chi connectivity index (χ0n) is 10.6. The number of hydrogen-bond acceptors (Lipinski definition) is 2. The summed E-state index contributed by atoms with van der Waals surface area (Å²) in [4.78, 5) is 11.6. The number of halogens is 4. The van der Waals surface area contributed by atoms with Gasteiger partial charge < -0.3 is 4.74 Å². The summed E-state index contributed by atoms with van der Waals surface area (Å²) in [6.07, 6.45) is 1.15. The van der Waals surface area contributed by atoms with Crippen LogP contribution in [0.25, 0.3) is 0 Å². The maximum Gasteiger partial charge on any atom is 0.330 e. The first-order valence-corrected chi connectivity index (χ1v) is 6.64. The van der Waals surface area contributed by atoms with Gasteiger partial charge in [-0.05, 0) is 37.0 Å². The Morgan fingerprint density at radius 1 is 1.26 bits per heavy atom. The molecule has 2 bridgehead atoms. The zero-order valence-corrected chi connectivity index (χ0v) is 10.6. The van der Waals surface area contributed by atoms with Gasteiger partial charge in [0.2, 0.25) is 0 Å². The minimum absolute atomic E-state index is 0.261. The second kappa shape index (κ2) is 5.77. The van der Waals surface area contributed by atoms with E-state index in [0.29, 0.717) is 24.2 Å². The second-order valence-electron chi connectivity index (χ2n) is 5.73. The molecule has 6 heteroatoms. The molecule has 0 amide bonds. The third-order valence-corrected chi connectivity index (χ3v) is 4.25. The van der Waals surface area contributed by atoms with Gasteiger partial charge >= 0.3 is 12.3 Å². The highest BCUT2D eigenvalue weighted by Crippen LogP contribution is 2.49. The zero-order chi connectivity index (χ0) is 14.0. The largest absolute Gasteiger partial charge is 0.367 e. The summed E-state index contributed by atoms with van der Waals surface area (Å²) < 4.78 is 53.2. The van der Waals surface area contributed by atoms with Crippen LogP contribution >= 0.6 is 0 Å². The summed E-state index contributed by atoms with van der Waals surface area (Å²) >= 11 is 0. The fraction of sp³-hybridized carbons (Fsp3) is 0.923. The Hall–Kier alpha value is -0.650. The number of ketones is 1. The lowest BCUT2D eigenvalue weighted by Crippen LogP contribution is -2.33. The highest BCUT2D eigenvalue weighted by molar-refractivity contribution is 5.80. The predicted octanol–water partition coefficient (Wildman–Crippen LogP) is 3.30. The first-order valence-electron chi connectivity index (χ1n) is 6.64. The third kappa shape index (κ3) is 3.68. The van der Waals surface area contributed by atoms with Crippen molar-refractivity contribution in [3.8, 4) is 0 Å². The van der Waals surface area contributed by atoms with Crippen molar-refractivity contribution < 1.29 is 27.1 Å². The van der Waals surface area contributed by atoms with Gasteiger partial charge in [-0.2, -0.15) is 8.78 Å². The SMILES string of the molecule is O=C(COCC(F)(F)C(F)F)CC1CC2CCC1C2. The van der Waals surface area contributed by atoms with Crippen molar-refractivity contribution in [2.45, 2.75) is 44.5 Å². The number of carbonyl (C=O) groups excluding carboxylic acids is 1. The minimum Gasteiger partial charge on any atom is -0.367 e. The molecule has 0 aromatic heterocycles. The molecule has 2 nitrogen and oxygen atoms in total. The van der Waals surface area contributed by atoms with Gasteiger partial charge in [-0.15, -0.1) is 0 Å². The normalized spacial score (nSPS) is 30.3. The molecular weight excluding hydrogens is 264 g/mol. The van der Waals surface area contributed by atoms with E-state index in [1.165, 1.54) is 12.8 Å². The van der Waals surface area contributed by atoms with Crippen molar-refractivity contribution in [3.63, 3.8) is 0 Å². The maximum absolute atomic E-state index is 12.5. The number of hydrogen-bond donors (Lipinski definition) is 0. The monoisotopic (exact) mass is 282 g/mol. The van der Waals surface area contributed by atoms with E-state index >= 15 is 0 Å². The van der Waals surface area contributed by atoms with Crippen LogP contribution < -0.4 is 0 Å². The van der Waals surface area contributed by atoms with Gasteiger partial charge in [0, 0.05) is 6.42 Å². The fourth-order valence-corrected chi connectivity index (χ4v) is 3.34. The number of Topliss-reactive ketones (excluding diaryl/α,β-unsaturated/α-hetero) is 1. The van der Waals surface area contributed by atoms with Crippen LogP contribution in [0.5, 0.6) is 0 Å². The molecular formula is C13H18F4O2. The molecule has 0 spiro atoms. The van der Waals surface area contributed by atoms with Crippen molar-refractivity contribution in [1.82, 2.24) is 0 Å². The molecule has 3 unspecified atom stereocenters. The van der Waals surface area contributed by atoms with E-state index in [-0.39, 0.29) is 5.78 Å². The molecule has 2 aliphatic carbocycles. The Morgan fingerprint density at radius 3 is 2.53 bits per heavy atom. The Balaban J connectivity index is 1.65. The van der Waals surface area contributed by atoms with E-state index in [1.54, 1.807) is 0 Å². The van der Waals surface area contributed by atoms with E-state index in [9.17, 15) is 22.4 Å². The first kappa shape index (κ1) is 14.8. The lowest BCUT2D eigenvalue weighted by Gasteiger charge is -2.21. The van der Waals surface area contributed by atoms with Crippen LogP contribution in [-0.4, -0.2) is 31.3 Å². The standard InChI is InChI=1S/C13H18F4O2/c14-12(15)13(16,17)7-19-6-11(18)5-10-4-8-1-2-9(10)3-8/h8-10,12H,1-7H2. The van der Waals surface area contributed by atoms with E-state index in [1.807, 2.05) is 0 Å². The van der Waals surface area contributed by atoms with Crippen molar-refractivity contribution in [3.05, 3.63) is 0 Å². The van der Waals surface area contributed by atoms with Gasteiger partial charge in [-0.3, -0.25) is 4.79 Å². The van der Waals surface area contributed by atoms with Crippen LogP contribution in [0.2, 0.25) is 0 Å². The Morgan fingerprint density at radius 2 is 2.00 bits per heavy atom. The van der Waals surface area contributed by atoms with Gasteiger partial charge in [0.1, 0.15) is 13.2 Å². The fourth-order valence-electron chi connectivity index (χ4n) is 3.34. The predicted molar refractivity (Wildman–Crippen MR) is 60.3 cm³/mol. The van der Waals surface area contributed by atoms with Crippen molar-refractivity contribution >= 4 is 5.78 Å².